The van der Waals surface area contributed by atoms with Gasteiger partial charge in [0.2, 0.25) is 0 Å². The highest BCUT2D eigenvalue weighted by Crippen LogP contribution is 2.28. The Bertz CT molecular complexity index is 743. The first kappa shape index (κ1) is 31.0. The highest BCUT2D eigenvalue weighted by molar-refractivity contribution is 5.89. The van der Waals surface area contributed by atoms with E-state index >= 15 is 0 Å². The number of aliphatic hydroxyl groups is 3. The molecule has 0 amide bonds. The molecule has 0 unspecified atom stereocenters. The van der Waals surface area contributed by atoms with Crippen LogP contribution >= 0.6 is 0 Å². The van der Waals surface area contributed by atoms with Gasteiger partial charge in [-0.15, -0.1) is 0 Å². The number of rotatable bonds is 16. The predicted molar refractivity (Wildman–Crippen MR) is 130 cm³/mol. The Hall–Kier alpha value is -2.07. The Labute approximate surface area is 207 Å². The molecule has 1 fully saturated rings. The molecular formula is C26H42O9. The number of aliphatic hydroxyl groups excluding tert-OH is 2. The highest BCUT2D eigenvalue weighted by Gasteiger charge is 2.47. The number of ketones is 1. The van der Waals surface area contributed by atoms with Crippen molar-refractivity contribution in [1.29, 1.82) is 0 Å². The lowest BCUT2D eigenvalue weighted by molar-refractivity contribution is -0.189. The fraction of sp³-hybridized carbons (Fsp3) is 0.731. The van der Waals surface area contributed by atoms with Gasteiger partial charge in [-0.25, -0.2) is 4.79 Å². The molecule has 1 aliphatic heterocycles. The first-order valence-electron chi connectivity index (χ1n) is 12.4. The maximum absolute atomic E-state index is 12.6. The Morgan fingerprint density at radius 2 is 1.80 bits per heavy atom. The maximum atomic E-state index is 12.6. The third-order valence-electron chi connectivity index (χ3n) is 6.20. The van der Waals surface area contributed by atoms with E-state index < -0.39 is 41.6 Å². The van der Waals surface area contributed by atoms with Crippen molar-refractivity contribution in [3.63, 3.8) is 0 Å². The van der Waals surface area contributed by atoms with Crippen LogP contribution in [0.1, 0.15) is 78.6 Å². The fourth-order valence-corrected chi connectivity index (χ4v) is 3.68. The molecule has 0 saturated carbocycles. The summed E-state index contributed by atoms with van der Waals surface area (Å²) in [6, 6.07) is 0. The number of aliphatic carboxylic acids is 1. The van der Waals surface area contributed by atoms with E-state index in [0.717, 1.165) is 32.1 Å². The van der Waals surface area contributed by atoms with Crippen LogP contribution in [0.2, 0.25) is 0 Å². The van der Waals surface area contributed by atoms with Crippen LogP contribution in [0.25, 0.3) is 0 Å². The third kappa shape index (κ3) is 11.9. The van der Waals surface area contributed by atoms with Gasteiger partial charge in [0.25, 0.3) is 0 Å². The van der Waals surface area contributed by atoms with Crippen molar-refractivity contribution in [2.75, 3.05) is 13.2 Å². The number of esters is 1. The molecule has 1 aliphatic rings. The molecule has 1 saturated heterocycles. The molecule has 0 spiro atoms. The van der Waals surface area contributed by atoms with Crippen LogP contribution < -0.4 is 0 Å². The van der Waals surface area contributed by atoms with Gasteiger partial charge in [0, 0.05) is 18.9 Å². The van der Waals surface area contributed by atoms with Crippen molar-refractivity contribution in [3.8, 4) is 0 Å². The number of Topliss-reactive ketones (excluding diaryl/α,β-unsaturated/α-hetero) is 1. The van der Waals surface area contributed by atoms with Gasteiger partial charge in [0.05, 0.1) is 19.3 Å². The number of carbonyl (C=O) groups excluding carboxylic acids is 2. The predicted octanol–water partition coefficient (Wildman–Crippen LogP) is 2.70. The minimum atomic E-state index is -1.74. The molecule has 0 aromatic rings. The van der Waals surface area contributed by atoms with Crippen LogP contribution in [-0.2, 0) is 23.9 Å². The zero-order valence-electron chi connectivity index (χ0n) is 21.1. The van der Waals surface area contributed by atoms with Crippen LogP contribution in [0.4, 0.5) is 0 Å². The summed E-state index contributed by atoms with van der Waals surface area (Å²) in [5.41, 5.74) is -1.18. The summed E-state index contributed by atoms with van der Waals surface area (Å²) >= 11 is 0. The lowest BCUT2D eigenvalue weighted by Gasteiger charge is -2.38. The zero-order valence-corrected chi connectivity index (χ0v) is 21.1. The first-order valence-corrected chi connectivity index (χ1v) is 12.4. The minimum Gasteiger partial charge on any atom is -0.481 e. The van der Waals surface area contributed by atoms with Gasteiger partial charge in [0.15, 0.2) is 5.78 Å². The molecule has 4 N–H and O–H groups in total. The topological polar surface area (TPSA) is 151 Å². The minimum absolute atomic E-state index is 0.00711. The van der Waals surface area contributed by atoms with Crippen LogP contribution in [0.15, 0.2) is 23.8 Å². The monoisotopic (exact) mass is 498 g/mol. The van der Waals surface area contributed by atoms with Gasteiger partial charge in [0.1, 0.15) is 17.8 Å². The number of unbranched alkanes of at least 4 members (excludes halogenated alkanes) is 5. The Morgan fingerprint density at radius 1 is 1.17 bits per heavy atom. The molecule has 5 atom stereocenters. The summed E-state index contributed by atoms with van der Waals surface area (Å²) in [7, 11) is 0. The Kier molecular flexibility index (Phi) is 14.0. The van der Waals surface area contributed by atoms with E-state index in [1.807, 2.05) is 6.92 Å². The van der Waals surface area contributed by atoms with Crippen LogP contribution in [-0.4, -0.2) is 75.3 Å². The molecule has 0 aromatic heterocycles. The quantitative estimate of drug-likeness (QED) is 0.109. The summed E-state index contributed by atoms with van der Waals surface area (Å²) in [4.78, 5) is 35.0. The van der Waals surface area contributed by atoms with Gasteiger partial charge in [-0.2, -0.15) is 0 Å². The molecule has 0 aliphatic carbocycles. The molecule has 0 aromatic carbocycles. The van der Waals surface area contributed by atoms with E-state index in [0.29, 0.717) is 12.0 Å². The zero-order chi connectivity index (χ0) is 26.4. The Balaban J connectivity index is 2.36. The molecular weight excluding hydrogens is 456 g/mol. The van der Waals surface area contributed by atoms with E-state index in [1.165, 1.54) is 6.08 Å². The normalized spacial score (nSPS) is 25.0. The second kappa shape index (κ2) is 15.8. The van der Waals surface area contributed by atoms with Crippen molar-refractivity contribution < 1.29 is 44.3 Å². The first-order chi connectivity index (χ1) is 16.5. The van der Waals surface area contributed by atoms with Crippen LogP contribution in [0.3, 0.4) is 0 Å². The molecule has 9 heteroatoms. The molecule has 0 bridgehead atoms. The standard InChI is InChI=1S/C26H42O9/c1-18(16-23(30)34-14-9-7-5-4-6-8-12-22(28)29)15-21-24(31)25(32)26(33,17-35-21)13-10-11-19(2)20(3)27/h10-11,16,19-21,25,27,32-33H,4-9,12-15,17H2,1-3H3,(H,28,29)/b11-10+,18-16+/t19-,20+,21+,25+,26-/m1/s1. The fourth-order valence-electron chi connectivity index (χ4n) is 3.68. The summed E-state index contributed by atoms with van der Waals surface area (Å²) in [6.07, 6.45) is 6.89. The van der Waals surface area contributed by atoms with Gasteiger partial charge < -0.3 is 29.9 Å². The number of ether oxygens (including phenoxy) is 2. The van der Waals surface area contributed by atoms with Gasteiger partial charge >= 0.3 is 11.9 Å². The summed E-state index contributed by atoms with van der Waals surface area (Å²) in [5, 5.41) is 39.2. The van der Waals surface area contributed by atoms with Gasteiger partial charge in [-0.05, 0) is 39.0 Å². The molecule has 1 rings (SSSR count). The number of carbonyl (C=O) groups is 3. The average molecular weight is 499 g/mol. The largest absolute Gasteiger partial charge is 0.481 e. The second-order valence-electron chi connectivity index (χ2n) is 9.57. The lowest BCUT2D eigenvalue weighted by atomic mass is 9.84. The number of hydrogen-bond acceptors (Lipinski definition) is 8. The van der Waals surface area contributed by atoms with Crippen molar-refractivity contribution in [1.82, 2.24) is 0 Å². The number of carboxylic acid groups (broad SMARTS) is 1. The van der Waals surface area contributed by atoms with E-state index in [4.69, 9.17) is 14.6 Å². The maximum Gasteiger partial charge on any atom is 0.330 e. The molecule has 0 radical (unpaired) electrons. The van der Waals surface area contributed by atoms with Gasteiger partial charge in [-0.3, -0.25) is 9.59 Å². The molecule has 9 nitrogen and oxygen atoms in total. The summed E-state index contributed by atoms with van der Waals surface area (Å²) in [5.74, 6) is -2.06. The summed E-state index contributed by atoms with van der Waals surface area (Å²) < 4.78 is 10.7. The van der Waals surface area contributed by atoms with E-state index in [-0.39, 0.29) is 38.4 Å². The molecule has 200 valence electrons. The van der Waals surface area contributed by atoms with Gasteiger partial charge in [-0.1, -0.05) is 50.3 Å². The third-order valence-corrected chi connectivity index (χ3v) is 6.20. The van der Waals surface area contributed by atoms with E-state index in [9.17, 15) is 29.7 Å². The van der Waals surface area contributed by atoms with Crippen LogP contribution in [0, 0.1) is 5.92 Å². The molecule has 35 heavy (non-hydrogen) atoms. The van der Waals surface area contributed by atoms with E-state index in [1.54, 1.807) is 26.0 Å². The number of carboxylic acids is 1. The van der Waals surface area contributed by atoms with Crippen LogP contribution in [0.5, 0.6) is 0 Å². The van der Waals surface area contributed by atoms with Crippen molar-refractivity contribution in [2.24, 2.45) is 5.92 Å². The van der Waals surface area contributed by atoms with Crippen molar-refractivity contribution >= 4 is 17.7 Å². The van der Waals surface area contributed by atoms with E-state index in [2.05, 4.69) is 0 Å². The van der Waals surface area contributed by atoms with Crippen molar-refractivity contribution in [3.05, 3.63) is 23.8 Å². The average Bonchev–Trinajstić information content (AvgIpc) is 2.78. The lowest BCUT2D eigenvalue weighted by Crippen LogP contribution is -2.58. The second-order valence-corrected chi connectivity index (χ2v) is 9.57. The molecule has 1 heterocycles. The Morgan fingerprint density at radius 3 is 2.43 bits per heavy atom. The van der Waals surface area contributed by atoms with Crippen molar-refractivity contribution in [2.45, 2.75) is 102 Å². The smallest absolute Gasteiger partial charge is 0.330 e. The highest BCUT2D eigenvalue weighted by atomic mass is 16.5. The summed E-state index contributed by atoms with van der Waals surface area (Å²) in [6.45, 7) is 5.18. The number of hydrogen-bond donors (Lipinski definition) is 4. The SMILES string of the molecule is C/C(=C\C(=O)OCCCCCCCCC(=O)O)C[C@@H]1OC[C@](O)(C/C=C/[C@@H](C)[C@H](C)O)[C@@H](O)C1=O.